The molecular weight excluding hydrogens is 350 g/mol. The van der Waals surface area contributed by atoms with Crippen LogP contribution in [0.5, 0.6) is 0 Å². The number of hydrogen-bond acceptors (Lipinski definition) is 8. The second kappa shape index (κ2) is 9.42. The summed E-state index contributed by atoms with van der Waals surface area (Å²) >= 11 is 0. The molecule has 1 rings (SSSR count). The number of aliphatic hydroxyl groups excluding tert-OH is 1. The number of hydrogen-bond donors (Lipinski definition) is 1. The summed E-state index contributed by atoms with van der Waals surface area (Å²) < 4.78 is 4.52. The minimum Gasteiger partial charge on any atom is -0.469 e. The molecule has 0 aliphatic carbocycles. The van der Waals surface area contributed by atoms with Crippen molar-refractivity contribution in [2.24, 2.45) is 0 Å². The molecule has 1 atom stereocenters. The van der Waals surface area contributed by atoms with E-state index in [0.717, 1.165) is 23.1 Å². The molecule has 0 spiro atoms. The molecule has 1 N–H and O–H groups in total. The zero-order valence-electron chi connectivity index (χ0n) is 14.3. The number of aliphatic hydroxyl groups is 1. The molecule has 1 unspecified atom stereocenters. The lowest BCUT2D eigenvalue weighted by Gasteiger charge is -2.29. The van der Waals surface area contributed by atoms with Crippen LogP contribution in [0.4, 0.5) is 11.4 Å². The van der Waals surface area contributed by atoms with Gasteiger partial charge in [-0.05, 0) is 6.42 Å². The molecule has 0 heterocycles. The van der Waals surface area contributed by atoms with Crippen molar-refractivity contribution in [2.45, 2.75) is 25.8 Å². The Labute approximate surface area is 148 Å². The quantitative estimate of drug-likeness (QED) is 0.388. The van der Waals surface area contributed by atoms with Crippen LogP contribution >= 0.6 is 0 Å². The van der Waals surface area contributed by atoms with Crippen LogP contribution in [0.3, 0.4) is 0 Å². The van der Waals surface area contributed by atoms with Gasteiger partial charge in [0.25, 0.3) is 17.3 Å². The summed E-state index contributed by atoms with van der Waals surface area (Å²) in [6.07, 6.45) is 0.191. The zero-order chi connectivity index (χ0) is 19.9. The minimum absolute atomic E-state index is 0.110. The average Bonchev–Trinajstić information content (AvgIpc) is 2.63. The fourth-order valence-electron chi connectivity index (χ4n) is 2.31. The third-order valence-corrected chi connectivity index (χ3v) is 3.74. The lowest BCUT2D eigenvalue weighted by atomic mass is 10.1. The Morgan fingerprint density at radius 2 is 1.73 bits per heavy atom. The van der Waals surface area contributed by atoms with Gasteiger partial charge in [0.15, 0.2) is 0 Å². The van der Waals surface area contributed by atoms with Gasteiger partial charge in [-0.1, -0.05) is 6.92 Å². The van der Waals surface area contributed by atoms with E-state index in [-0.39, 0.29) is 18.5 Å². The number of methoxy groups -OCH3 is 1. The molecule has 1 amide bonds. The van der Waals surface area contributed by atoms with Crippen LogP contribution in [0.15, 0.2) is 18.2 Å². The van der Waals surface area contributed by atoms with Crippen LogP contribution in [0.25, 0.3) is 0 Å². The Bertz CT molecular complexity index is 670. The van der Waals surface area contributed by atoms with Crippen molar-refractivity contribution in [1.82, 2.24) is 4.90 Å². The van der Waals surface area contributed by atoms with E-state index < -0.39 is 45.7 Å². The number of nitro benzene ring substituents is 2. The van der Waals surface area contributed by atoms with E-state index >= 15 is 0 Å². The van der Waals surface area contributed by atoms with Crippen molar-refractivity contribution in [1.29, 1.82) is 0 Å². The maximum Gasteiger partial charge on any atom is 0.307 e. The van der Waals surface area contributed by atoms with Crippen LogP contribution in [-0.4, -0.2) is 58.0 Å². The van der Waals surface area contributed by atoms with E-state index in [1.807, 2.05) is 0 Å². The van der Waals surface area contributed by atoms with Crippen LogP contribution in [0.2, 0.25) is 0 Å². The number of nitro groups is 2. The van der Waals surface area contributed by atoms with Crippen molar-refractivity contribution in [3.05, 3.63) is 44.0 Å². The van der Waals surface area contributed by atoms with Crippen molar-refractivity contribution in [3.63, 3.8) is 0 Å². The summed E-state index contributed by atoms with van der Waals surface area (Å²) in [6.45, 7) is 1.19. The molecule has 0 aliphatic heterocycles. The van der Waals surface area contributed by atoms with E-state index in [9.17, 15) is 34.9 Å². The second-order valence-corrected chi connectivity index (χ2v) is 5.32. The maximum atomic E-state index is 12.8. The van der Waals surface area contributed by atoms with Crippen molar-refractivity contribution < 1.29 is 29.3 Å². The number of esters is 1. The van der Waals surface area contributed by atoms with Gasteiger partial charge >= 0.3 is 5.97 Å². The first-order valence-corrected chi connectivity index (χ1v) is 7.67. The number of ether oxygens (including phenoxy) is 1. The molecule has 0 bridgehead atoms. The summed E-state index contributed by atoms with van der Waals surface area (Å²) in [6, 6.07) is 1.93. The lowest BCUT2D eigenvalue weighted by Crippen LogP contribution is -2.43. The highest BCUT2D eigenvalue weighted by molar-refractivity contribution is 5.96. The molecule has 0 aliphatic rings. The third kappa shape index (κ3) is 5.21. The Balaban J connectivity index is 3.29. The van der Waals surface area contributed by atoms with Gasteiger partial charge in [0.1, 0.15) is 0 Å². The van der Waals surface area contributed by atoms with E-state index in [1.54, 1.807) is 6.92 Å². The average molecular weight is 369 g/mol. The number of nitrogens with zero attached hydrogens (tertiary/aromatic N) is 3. The standard InChI is InChI=1S/C15H19N3O8/c1-3-11(9-19)16(5-4-14(20)26-2)15(21)10-6-12(17(22)23)8-13(7-10)18(24)25/h6-8,11,19H,3-5,9H2,1-2H3. The van der Waals surface area contributed by atoms with Gasteiger partial charge in [-0.15, -0.1) is 0 Å². The van der Waals surface area contributed by atoms with Gasteiger partial charge in [-0.2, -0.15) is 0 Å². The first-order chi connectivity index (χ1) is 12.2. The predicted molar refractivity (Wildman–Crippen MR) is 88.6 cm³/mol. The highest BCUT2D eigenvalue weighted by atomic mass is 16.6. The normalized spacial score (nSPS) is 11.5. The highest BCUT2D eigenvalue weighted by Gasteiger charge is 2.27. The smallest absolute Gasteiger partial charge is 0.307 e. The SMILES string of the molecule is CCC(CO)N(CCC(=O)OC)C(=O)c1cc([N+](=O)[O-])cc([N+](=O)[O-])c1. The Hall–Kier alpha value is -3.08. The zero-order valence-corrected chi connectivity index (χ0v) is 14.3. The number of benzene rings is 1. The van der Waals surface area contributed by atoms with Gasteiger partial charge in [-0.3, -0.25) is 29.8 Å². The van der Waals surface area contributed by atoms with E-state index in [0.29, 0.717) is 6.42 Å². The topological polar surface area (TPSA) is 153 Å². The first-order valence-electron chi connectivity index (χ1n) is 7.67. The Morgan fingerprint density at radius 1 is 1.19 bits per heavy atom. The Kier molecular flexibility index (Phi) is 7.59. The molecular formula is C15H19N3O8. The number of carbonyl (C=O) groups is 2. The number of carbonyl (C=O) groups excluding carboxylic acids is 2. The molecule has 0 radical (unpaired) electrons. The van der Waals surface area contributed by atoms with Crippen molar-refractivity contribution in [3.8, 4) is 0 Å². The van der Waals surface area contributed by atoms with E-state index in [2.05, 4.69) is 4.74 Å². The molecule has 26 heavy (non-hydrogen) atoms. The van der Waals surface area contributed by atoms with Gasteiger partial charge < -0.3 is 14.7 Å². The summed E-state index contributed by atoms with van der Waals surface area (Å²) in [5.74, 6) is -1.35. The maximum absolute atomic E-state index is 12.8. The molecule has 1 aromatic rings. The highest BCUT2D eigenvalue weighted by Crippen LogP contribution is 2.24. The number of rotatable bonds is 9. The summed E-state index contributed by atoms with van der Waals surface area (Å²) in [4.78, 5) is 45.6. The predicted octanol–water partition coefficient (Wildman–Crippen LogP) is 1.28. The van der Waals surface area contributed by atoms with E-state index in [1.165, 1.54) is 7.11 Å². The summed E-state index contributed by atoms with van der Waals surface area (Å²) in [5, 5.41) is 31.4. The van der Waals surface area contributed by atoms with Crippen LogP contribution in [0.1, 0.15) is 30.1 Å². The Morgan fingerprint density at radius 3 is 2.12 bits per heavy atom. The third-order valence-electron chi connectivity index (χ3n) is 3.74. The van der Waals surface area contributed by atoms with Crippen LogP contribution in [-0.2, 0) is 9.53 Å². The second-order valence-electron chi connectivity index (χ2n) is 5.32. The van der Waals surface area contributed by atoms with E-state index in [4.69, 9.17) is 0 Å². The number of amides is 1. The van der Waals surface area contributed by atoms with Crippen molar-refractivity contribution >= 4 is 23.3 Å². The lowest BCUT2D eigenvalue weighted by molar-refractivity contribution is -0.394. The summed E-state index contributed by atoms with van der Waals surface area (Å²) in [7, 11) is 1.18. The van der Waals surface area contributed by atoms with Gasteiger partial charge in [0.05, 0.1) is 47.7 Å². The minimum atomic E-state index is -0.841. The molecule has 0 aromatic heterocycles. The summed E-state index contributed by atoms with van der Waals surface area (Å²) in [5.41, 5.74) is -1.48. The molecule has 0 fully saturated rings. The van der Waals surface area contributed by atoms with Gasteiger partial charge in [-0.25, -0.2) is 0 Å². The largest absolute Gasteiger partial charge is 0.469 e. The van der Waals surface area contributed by atoms with Gasteiger partial charge in [0, 0.05) is 18.7 Å². The molecule has 142 valence electrons. The number of non-ortho nitro benzene ring substituents is 2. The van der Waals surface area contributed by atoms with Gasteiger partial charge in [0.2, 0.25) is 0 Å². The molecule has 0 saturated heterocycles. The fourth-order valence-corrected chi connectivity index (χ4v) is 2.31. The first kappa shape index (κ1) is 21.0. The monoisotopic (exact) mass is 369 g/mol. The molecule has 0 saturated carbocycles. The van der Waals surface area contributed by atoms with Crippen LogP contribution < -0.4 is 0 Å². The molecule has 1 aromatic carbocycles. The molecule has 11 nitrogen and oxygen atoms in total. The van der Waals surface area contributed by atoms with Crippen molar-refractivity contribution in [2.75, 3.05) is 20.3 Å². The fraction of sp³-hybridized carbons (Fsp3) is 0.467. The molecule has 11 heteroatoms. The van der Waals surface area contributed by atoms with Crippen LogP contribution in [0, 0.1) is 20.2 Å².